The molecule has 1 fully saturated rings. The van der Waals surface area contributed by atoms with Gasteiger partial charge in [0.15, 0.2) is 17.6 Å². The van der Waals surface area contributed by atoms with Gasteiger partial charge in [-0.15, -0.1) is 0 Å². The number of carbonyl (C=O) groups excluding carboxylic acids is 1. The van der Waals surface area contributed by atoms with Crippen LogP contribution < -0.4 is 9.47 Å². The van der Waals surface area contributed by atoms with Crippen molar-refractivity contribution >= 4 is 11.6 Å². The van der Waals surface area contributed by atoms with Gasteiger partial charge >= 0.3 is 6.18 Å². The number of nitro groups is 1. The molecule has 11 heteroatoms. The van der Waals surface area contributed by atoms with Crippen molar-refractivity contribution in [1.82, 2.24) is 4.90 Å². The Morgan fingerprint density at radius 3 is 2.60 bits per heavy atom. The van der Waals surface area contributed by atoms with Gasteiger partial charge in [0.25, 0.3) is 11.6 Å². The molecule has 1 amide bonds. The third-order valence-corrected chi connectivity index (χ3v) is 4.18. The number of carbonyl (C=O) groups is 1. The molecule has 0 spiro atoms. The largest absolute Gasteiger partial charge is 0.454 e. The van der Waals surface area contributed by atoms with Crippen LogP contribution in [0.3, 0.4) is 0 Å². The molecule has 1 N–H and O–H groups in total. The topological polar surface area (TPSA) is 102 Å². The predicted octanol–water partition coefficient (Wildman–Crippen LogP) is 1.85. The zero-order chi connectivity index (χ0) is 18.4. The maximum atomic E-state index is 12.8. The van der Waals surface area contributed by atoms with Crippen molar-refractivity contribution in [2.75, 3.05) is 13.3 Å². The van der Waals surface area contributed by atoms with Crippen LogP contribution in [0.25, 0.3) is 0 Å². The van der Waals surface area contributed by atoms with Gasteiger partial charge in [-0.05, 0) is 12.8 Å². The summed E-state index contributed by atoms with van der Waals surface area (Å²) in [6.45, 7) is -0.217. The molecule has 2 aliphatic heterocycles. The summed E-state index contributed by atoms with van der Waals surface area (Å²) >= 11 is 0. The van der Waals surface area contributed by atoms with Gasteiger partial charge in [-0.25, -0.2) is 0 Å². The molecule has 2 atom stereocenters. The Bertz CT molecular complexity index is 723. The monoisotopic (exact) mass is 362 g/mol. The van der Waals surface area contributed by atoms with Crippen LogP contribution in [0.5, 0.6) is 11.5 Å². The van der Waals surface area contributed by atoms with E-state index in [-0.39, 0.29) is 37.7 Å². The number of ether oxygens (including phenoxy) is 2. The van der Waals surface area contributed by atoms with Crippen LogP contribution in [-0.4, -0.2) is 52.5 Å². The van der Waals surface area contributed by atoms with Crippen molar-refractivity contribution in [3.8, 4) is 11.5 Å². The van der Waals surface area contributed by atoms with Crippen LogP contribution in [0.15, 0.2) is 12.1 Å². The molecule has 0 bridgehead atoms. The average Bonchev–Trinajstić information content (AvgIpc) is 3.19. The lowest BCUT2D eigenvalue weighted by Crippen LogP contribution is -2.49. The smallest absolute Gasteiger partial charge is 0.416 e. The predicted molar refractivity (Wildman–Crippen MR) is 75.3 cm³/mol. The van der Waals surface area contributed by atoms with Crippen molar-refractivity contribution in [2.45, 2.75) is 31.2 Å². The highest BCUT2D eigenvalue weighted by molar-refractivity contribution is 5.99. The van der Waals surface area contributed by atoms with E-state index in [1.807, 2.05) is 0 Å². The molecule has 1 aromatic rings. The highest BCUT2D eigenvalue weighted by atomic mass is 19.4. The zero-order valence-electron chi connectivity index (χ0n) is 12.7. The normalized spacial score (nSPS) is 20.6. The molecule has 0 saturated carbocycles. The number of alkyl halides is 3. The van der Waals surface area contributed by atoms with Crippen LogP contribution in [0.4, 0.5) is 18.9 Å². The van der Waals surface area contributed by atoms with Gasteiger partial charge in [0.2, 0.25) is 6.79 Å². The molecule has 2 aliphatic rings. The highest BCUT2D eigenvalue weighted by Gasteiger charge is 2.49. The Morgan fingerprint density at radius 1 is 1.36 bits per heavy atom. The average molecular weight is 362 g/mol. The molecule has 3 rings (SSSR count). The van der Waals surface area contributed by atoms with E-state index in [0.29, 0.717) is 0 Å². The van der Waals surface area contributed by atoms with Crippen LogP contribution >= 0.6 is 0 Å². The maximum absolute atomic E-state index is 12.8. The quantitative estimate of drug-likeness (QED) is 0.650. The Hall–Kier alpha value is -2.56. The fourth-order valence-corrected chi connectivity index (χ4v) is 3.00. The minimum Gasteiger partial charge on any atom is -0.454 e. The summed E-state index contributed by atoms with van der Waals surface area (Å²) in [5.41, 5.74) is -1.00. The number of aliphatic hydroxyl groups excluding tert-OH is 1. The second kappa shape index (κ2) is 6.06. The van der Waals surface area contributed by atoms with Gasteiger partial charge in [0.1, 0.15) is 5.56 Å². The molecule has 1 aromatic carbocycles. The van der Waals surface area contributed by atoms with Gasteiger partial charge < -0.3 is 19.5 Å². The number of nitrogens with zero attached hydrogens (tertiary/aromatic N) is 2. The summed E-state index contributed by atoms with van der Waals surface area (Å²) < 4.78 is 48.5. The molecule has 0 aromatic heterocycles. The summed E-state index contributed by atoms with van der Waals surface area (Å²) in [5.74, 6) is -0.784. The minimum atomic E-state index is -4.89. The van der Waals surface area contributed by atoms with E-state index in [2.05, 4.69) is 0 Å². The van der Waals surface area contributed by atoms with Crippen molar-refractivity contribution in [3.63, 3.8) is 0 Å². The van der Waals surface area contributed by atoms with E-state index in [4.69, 9.17) is 9.47 Å². The van der Waals surface area contributed by atoms with E-state index in [9.17, 15) is 33.2 Å². The van der Waals surface area contributed by atoms with E-state index in [0.717, 1.165) is 17.0 Å². The van der Waals surface area contributed by atoms with Crippen molar-refractivity contribution in [3.05, 3.63) is 27.8 Å². The minimum absolute atomic E-state index is 0.0394. The van der Waals surface area contributed by atoms with E-state index in [1.165, 1.54) is 0 Å². The lowest BCUT2D eigenvalue weighted by Gasteiger charge is -2.29. The first kappa shape index (κ1) is 17.3. The van der Waals surface area contributed by atoms with Gasteiger partial charge in [0, 0.05) is 12.6 Å². The molecule has 25 heavy (non-hydrogen) atoms. The van der Waals surface area contributed by atoms with Gasteiger partial charge in [-0.1, -0.05) is 0 Å². The lowest BCUT2D eigenvalue weighted by atomic mass is 10.1. The van der Waals surface area contributed by atoms with Gasteiger partial charge in [0.05, 0.1) is 17.0 Å². The third-order valence-electron chi connectivity index (χ3n) is 4.18. The number of likely N-dealkylation sites (tertiary alicyclic amines) is 1. The number of hydrogen-bond donors (Lipinski definition) is 1. The molecule has 2 unspecified atom stereocenters. The van der Waals surface area contributed by atoms with E-state index >= 15 is 0 Å². The fraction of sp³-hybridized carbons (Fsp3) is 0.500. The van der Waals surface area contributed by atoms with Crippen LogP contribution in [0.1, 0.15) is 23.2 Å². The second-order valence-electron chi connectivity index (χ2n) is 5.67. The number of hydrogen-bond acceptors (Lipinski definition) is 6. The molecular formula is C14H13F3N2O6. The third kappa shape index (κ3) is 3.06. The summed E-state index contributed by atoms with van der Waals surface area (Å²) in [6.07, 6.45) is -7.41. The Balaban J connectivity index is 1.96. The molecule has 0 radical (unpaired) electrons. The lowest BCUT2D eigenvalue weighted by molar-refractivity contribution is -0.385. The Morgan fingerprint density at radius 2 is 2.00 bits per heavy atom. The second-order valence-corrected chi connectivity index (χ2v) is 5.67. The highest BCUT2D eigenvalue weighted by Crippen LogP contribution is 2.39. The number of aliphatic hydroxyl groups is 1. The summed E-state index contributed by atoms with van der Waals surface area (Å²) in [5, 5.41) is 20.7. The zero-order valence-corrected chi connectivity index (χ0v) is 12.7. The first-order valence-electron chi connectivity index (χ1n) is 7.34. The molecule has 2 heterocycles. The van der Waals surface area contributed by atoms with Crippen LogP contribution in [-0.2, 0) is 0 Å². The van der Waals surface area contributed by atoms with Crippen molar-refractivity contribution in [1.29, 1.82) is 0 Å². The first-order valence-corrected chi connectivity index (χ1v) is 7.34. The first-order chi connectivity index (χ1) is 11.7. The number of fused-ring (bicyclic) bond motifs is 1. The van der Waals surface area contributed by atoms with Crippen molar-refractivity contribution < 1.29 is 37.5 Å². The van der Waals surface area contributed by atoms with Crippen molar-refractivity contribution in [2.24, 2.45) is 0 Å². The van der Waals surface area contributed by atoms with Gasteiger partial charge in [-0.2, -0.15) is 13.2 Å². The maximum Gasteiger partial charge on any atom is 0.416 e. The van der Waals surface area contributed by atoms with Crippen LogP contribution in [0, 0.1) is 10.1 Å². The molecule has 8 nitrogen and oxygen atoms in total. The number of rotatable bonds is 3. The van der Waals surface area contributed by atoms with E-state index < -0.39 is 40.4 Å². The summed E-state index contributed by atoms with van der Waals surface area (Å²) in [4.78, 5) is 23.9. The summed E-state index contributed by atoms with van der Waals surface area (Å²) in [7, 11) is 0. The van der Waals surface area contributed by atoms with Crippen LogP contribution in [0.2, 0.25) is 0 Å². The number of benzene rings is 1. The number of nitro benzene ring substituents is 1. The SMILES string of the molecule is O=C(c1cc2c(cc1[N+](=O)[O-])OCO2)N1CCCC1C(O)C(F)(F)F. The fourth-order valence-electron chi connectivity index (χ4n) is 3.00. The molecule has 1 saturated heterocycles. The molecule has 0 aliphatic carbocycles. The number of amides is 1. The standard InChI is InChI=1S/C14H13F3N2O6/c15-14(16,17)12(20)8-2-1-3-18(8)13(21)7-4-10-11(25-6-24-10)5-9(7)19(22)23/h4-5,8,12,20H,1-3,6H2. The Labute approximate surface area is 138 Å². The molecule has 136 valence electrons. The number of halogens is 3. The van der Waals surface area contributed by atoms with Gasteiger partial charge in [-0.3, -0.25) is 14.9 Å². The Kier molecular flexibility index (Phi) is 4.19. The summed E-state index contributed by atoms with van der Waals surface area (Å²) in [6, 6.07) is 0.594. The molecular weight excluding hydrogens is 349 g/mol. The van der Waals surface area contributed by atoms with E-state index in [1.54, 1.807) is 0 Å².